The summed E-state index contributed by atoms with van der Waals surface area (Å²) in [6.07, 6.45) is -2.09. The number of methoxy groups -OCH3 is 2. The molecule has 202 valence electrons. The molecule has 0 spiro atoms. The Bertz CT molecular complexity index is 1110. The molecule has 0 radical (unpaired) electrons. The number of ether oxygens (including phenoxy) is 3. The maximum absolute atomic E-state index is 13.2. The van der Waals surface area contributed by atoms with Gasteiger partial charge in [-0.1, -0.05) is 11.6 Å². The van der Waals surface area contributed by atoms with Crippen molar-refractivity contribution in [2.24, 2.45) is 11.8 Å². The van der Waals surface area contributed by atoms with Gasteiger partial charge in [-0.15, -0.1) is 0 Å². The highest BCUT2D eigenvalue weighted by atomic mass is 35.5. The van der Waals surface area contributed by atoms with Crippen molar-refractivity contribution in [3.63, 3.8) is 0 Å². The van der Waals surface area contributed by atoms with Gasteiger partial charge in [-0.05, 0) is 55.9 Å². The molecule has 8 nitrogen and oxygen atoms in total. The Hall–Kier alpha value is -3.05. The van der Waals surface area contributed by atoms with Gasteiger partial charge in [-0.25, -0.2) is 4.98 Å². The summed E-state index contributed by atoms with van der Waals surface area (Å²) in [4.78, 5) is 27.1. The maximum Gasteiger partial charge on any atom is 0.433 e. The van der Waals surface area contributed by atoms with Gasteiger partial charge in [-0.3, -0.25) is 9.59 Å². The van der Waals surface area contributed by atoms with E-state index in [1.807, 2.05) is 0 Å². The molecule has 0 aliphatic heterocycles. The van der Waals surface area contributed by atoms with Crippen molar-refractivity contribution >= 4 is 23.5 Å². The number of hydrogen-bond donors (Lipinski definition) is 2. The molecule has 1 saturated carbocycles. The molecule has 2 aromatic rings. The van der Waals surface area contributed by atoms with E-state index in [1.165, 1.54) is 32.4 Å². The van der Waals surface area contributed by atoms with Crippen molar-refractivity contribution in [1.82, 2.24) is 10.3 Å². The number of rotatable bonds is 10. The fourth-order valence-corrected chi connectivity index (χ4v) is 4.44. The van der Waals surface area contributed by atoms with Crippen LogP contribution < -0.4 is 14.8 Å². The standard InChI is InChI=1S/C25H28ClF3N2O6/c1-35-13-21(17-10-22(25(27,28)29)30-12-20(17)36-2)37-19-8-7-16(9-18(19)26)23(32)31-11-14-3-5-15(6-4-14)24(33)34/h7-10,12,14-15,21H,3-6,11,13H2,1-2H3,(H,31,32)(H,33,34). The number of pyridine rings is 1. The molecule has 2 N–H and O–H groups in total. The Kier molecular flexibility index (Phi) is 9.61. The Morgan fingerprint density at radius 1 is 1.16 bits per heavy atom. The van der Waals surface area contributed by atoms with Gasteiger partial charge in [-0.2, -0.15) is 13.2 Å². The van der Waals surface area contributed by atoms with Crippen LogP contribution >= 0.6 is 11.6 Å². The number of hydrogen-bond acceptors (Lipinski definition) is 6. The molecule has 3 rings (SSSR count). The van der Waals surface area contributed by atoms with Crippen LogP contribution in [0.15, 0.2) is 30.5 Å². The van der Waals surface area contributed by atoms with Crippen LogP contribution in [-0.2, 0) is 15.7 Å². The van der Waals surface area contributed by atoms with Crippen molar-refractivity contribution in [3.8, 4) is 11.5 Å². The molecule has 1 atom stereocenters. The normalized spacial score (nSPS) is 18.6. The summed E-state index contributed by atoms with van der Waals surface area (Å²) in [6.45, 7) is 0.306. The zero-order chi connectivity index (χ0) is 27.2. The van der Waals surface area contributed by atoms with Crippen LogP contribution in [0.4, 0.5) is 13.2 Å². The second kappa shape index (κ2) is 12.5. The number of aromatic nitrogens is 1. The minimum atomic E-state index is -4.67. The van der Waals surface area contributed by atoms with E-state index in [0.717, 1.165) is 25.1 Å². The summed E-state index contributed by atoms with van der Waals surface area (Å²) in [5, 5.41) is 12.0. The first-order valence-corrected chi connectivity index (χ1v) is 12.0. The van der Waals surface area contributed by atoms with Gasteiger partial charge in [0.1, 0.15) is 17.2 Å². The monoisotopic (exact) mass is 544 g/mol. The van der Waals surface area contributed by atoms with Crippen LogP contribution in [0, 0.1) is 11.8 Å². The number of aliphatic carboxylic acids is 1. The molecular formula is C25H28ClF3N2O6. The Labute approximate surface area is 217 Å². The van der Waals surface area contributed by atoms with Crippen LogP contribution in [0.2, 0.25) is 5.02 Å². The van der Waals surface area contributed by atoms with Gasteiger partial charge in [0.05, 0.1) is 30.9 Å². The van der Waals surface area contributed by atoms with Crippen molar-refractivity contribution in [1.29, 1.82) is 0 Å². The van der Waals surface area contributed by atoms with E-state index in [0.29, 0.717) is 19.4 Å². The third kappa shape index (κ3) is 7.48. The lowest BCUT2D eigenvalue weighted by atomic mass is 9.82. The molecule has 1 heterocycles. The molecule has 37 heavy (non-hydrogen) atoms. The van der Waals surface area contributed by atoms with Gasteiger partial charge >= 0.3 is 12.1 Å². The van der Waals surface area contributed by atoms with Crippen molar-refractivity contribution in [3.05, 3.63) is 52.3 Å². The minimum absolute atomic E-state index is 0.0715. The fourth-order valence-electron chi connectivity index (χ4n) is 4.22. The molecule has 1 unspecified atom stereocenters. The fraction of sp³-hybridized carbons (Fsp3) is 0.480. The van der Waals surface area contributed by atoms with Crippen molar-refractivity contribution < 1.29 is 42.1 Å². The number of alkyl halides is 3. The van der Waals surface area contributed by atoms with Crippen LogP contribution in [0.5, 0.6) is 11.5 Å². The SMILES string of the molecule is COCC(Oc1ccc(C(=O)NCC2CCC(C(=O)O)CC2)cc1Cl)c1cc(C(F)(F)F)ncc1OC. The zero-order valence-electron chi connectivity index (χ0n) is 20.3. The van der Waals surface area contributed by atoms with Crippen LogP contribution in [0.1, 0.15) is 53.4 Å². The van der Waals surface area contributed by atoms with Crippen molar-refractivity contribution in [2.75, 3.05) is 27.4 Å². The van der Waals surface area contributed by atoms with Crippen LogP contribution in [-0.4, -0.2) is 49.3 Å². The lowest BCUT2D eigenvalue weighted by molar-refractivity contribution is -0.143. The number of nitrogens with one attached hydrogen (secondary N) is 1. The number of carboxylic acid groups (broad SMARTS) is 1. The molecule has 0 bridgehead atoms. The van der Waals surface area contributed by atoms with E-state index in [-0.39, 0.29) is 52.0 Å². The quantitative estimate of drug-likeness (QED) is 0.426. The molecule has 1 aliphatic carbocycles. The van der Waals surface area contributed by atoms with Crippen molar-refractivity contribution in [2.45, 2.75) is 38.0 Å². The first kappa shape index (κ1) is 28.5. The Balaban J connectivity index is 1.70. The molecule has 1 amide bonds. The molecule has 1 fully saturated rings. The zero-order valence-corrected chi connectivity index (χ0v) is 21.1. The smallest absolute Gasteiger partial charge is 0.433 e. The second-order valence-electron chi connectivity index (χ2n) is 8.78. The van der Waals surface area contributed by atoms with E-state index in [2.05, 4.69) is 10.3 Å². The highest BCUT2D eigenvalue weighted by molar-refractivity contribution is 6.32. The average molecular weight is 545 g/mol. The molecule has 1 aliphatic rings. The van der Waals surface area contributed by atoms with E-state index in [1.54, 1.807) is 0 Å². The second-order valence-corrected chi connectivity index (χ2v) is 9.19. The first-order valence-electron chi connectivity index (χ1n) is 11.6. The van der Waals surface area contributed by atoms with Gasteiger partial charge in [0, 0.05) is 24.8 Å². The predicted molar refractivity (Wildman–Crippen MR) is 128 cm³/mol. The van der Waals surface area contributed by atoms with Crippen LogP contribution in [0.25, 0.3) is 0 Å². The summed E-state index contributed by atoms with van der Waals surface area (Å²) < 4.78 is 55.9. The molecule has 12 heteroatoms. The lowest BCUT2D eigenvalue weighted by Crippen LogP contribution is -2.32. The van der Waals surface area contributed by atoms with Gasteiger partial charge < -0.3 is 24.6 Å². The van der Waals surface area contributed by atoms with E-state index in [9.17, 15) is 22.8 Å². The summed E-state index contributed by atoms with van der Waals surface area (Å²) in [7, 11) is 2.67. The number of amides is 1. The van der Waals surface area contributed by atoms with E-state index >= 15 is 0 Å². The third-order valence-electron chi connectivity index (χ3n) is 6.28. The summed E-state index contributed by atoms with van der Waals surface area (Å²) in [5.74, 6) is -1.04. The van der Waals surface area contributed by atoms with Gasteiger partial charge in [0.25, 0.3) is 5.91 Å². The van der Waals surface area contributed by atoms with E-state index in [4.69, 9.17) is 30.9 Å². The Morgan fingerprint density at radius 3 is 2.43 bits per heavy atom. The number of nitrogens with zero attached hydrogens (tertiary/aromatic N) is 1. The summed E-state index contributed by atoms with van der Waals surface area (Å²) in [6, 6.07) is 5.19. The minimum Gasteiger partial charge on any atom is -0.495 e. The topological polar surface area (TPSA) is 107 Å². The number of halogens is 4. The summed E-state index contributed by atoms with van der Waals surface area (Å²) in [5.41, 5.74) is -0.759. The summed E-state index contributed by atoms with van der Waals surface area (Å²) >= 11 is 6.35. The lowest BCUT2D eigenvalue weighted by Gasteiger charge is -2.26. The van der Waals surface area contributed by atoms with Gasteiger partial charge in [0.15, 0.2) is 6.10 Å². The Morgan fingerprint density at radius 2 is 1.86 bits per heavy atom. The van der Waals surface area contributed by atoms with E-state index < -0.39 is 23.9 Å². The predicted octanol–water partition coefficient (Wildman–Crippen LogP) is 5.15. The average Bonchev–Trinajstić information content (AvgIpc) is 2.87. The number of carboxylic acids is 1. The number of carbonyl (C=O) groups excluding carboxylic acids is 1. The molecule has 1 aromatic carbocycles. The first-order chi connectivity index (χ1) is 17.5. The number of carbonyl (C=O) groups is 2. The largest absolute Gasteiger partial charge is 0.495 e. The number of benzene rings is 1. The maximum atomic E-state index is 13.2. The van der Waals surface area contributed by atoms with Crippen LogP contribution in [0.3, 0.4) is 0 Å². The highest BCUT2D eigenvalue weighted by Crippen LogP contribution is 2.37. The molecule has 0 saturated heterocycles. The molecular weight excluding hydrogens is 517 g/mol. The van der Waals surface area contributed by atoms with Gasteiger partial charge in [0.2, 0.25) is 0 Å². The molecule has 1 aromatic heterocycles. The third-order valence-corrected chi connectivity index (χ3v) is 6.58. The highest BCUT2D eigenvalue weighted by Gasteiger charge is 2.34.